The van der Waals surface area contributed by atoms with Gasteiger partial charge in [0.2, 0.25) is 0 Å². The summed E-state index contributed by atoms with van der Waals surface area (Å²) in [6.07, 6.45) is 0.437. The second-order valence-corrected chi connectivity index (χ2v) is 7.32. The quantitative estimate of drug-likeness (QED) is 0.737. The number of halogens is 2. The lowest BCUT2D eigenvalue weighted by atomic mass is 10.2. The van der Waals surface area contributed by atoms with Crippen LogP contribution in [0.2, 0.25) is 10.3 Å². The van der Waals surface area contributed by atoms with Crippen LogP contribution in [0.5, 0.6) is 0 Å². The van der Waals surface area contributed by atoms with Crippen molar-refractivity contribution in [2.24, 2.45) is 0 Å². The van der Waals surface area contributed by atoms with Crippen molar-refractivity contribution in [1.82, 2.24) is 9.88 Å². The lowest BCUT2D eigenvalue weighted by Gasteiger charge is -2.20. The Morgan fingerprint density at radius 2 is 1.95 bits per heavy atom. The van der Waals surface area contributed by atoms with Crippen molar-refractivity contribution in [3.05, 3.63) is 28.0 Å². The molecule has 1 fully saturated rings. The number of nitrogens with zero attached hydrogens (tertiary/aromatic N) is 2. The lowest BCUT2D eigenvalue weighted by Crippen LogP contribution is -2.33. The first-order valence-corrected chi connectivity index (χ1v) is 8.28. The number of rotatable bonds is 1. The van der Waals surface area contributed by atoms with Gasteiger partial charge in [0.25, 0.3) is 5.91 Å². The molecule has 0 saturated carbocycles. The Hall–Kier alpha value is -0.850. The summed E-state index contributed by atoms with van der Waals surface area (Å²) in [5, 5.41) is 0.240. The van der Waals surface area contributed by atoms with Gasteiger partial charge in [-0.1, -0.05) is 23.2 Å². The average molecular weight is 323 g/mol. The third-order valence-electron chi connectivity index (χ3n) is 2.89. The number of aromatic nitrogens is 1. The van der Waals surface area contributed by atoms with Crippen molar-refractivity contribution in [3.63, 3.8) is 0 Å². The molecule has 5 nitrogen and oxygen atoms in total. The zero-order valence-electron chi connectivity index (χ0n) is 9.97. The third-order valence-corrected chi connectivity index (χ3v) is 5.10. The van der Waals surface area contributed by atoms with Gasteiger partial charge in [0.1, 0.15) is 10.3 Å². The maximum atomic E-state index is 12.3. The molecule has 1 saturated heterocycles. The monoisotopic (exact) mass is 322 g/mol. The van der Waals surface area contributed by atoms with Crippen LogP contribution >= 0.6 is 23.2 Å². The number of hydrogen-bond donors (Lipinski definition) is 0. The van der Waals surface area contributed by atoms with Crippen LogP contribution in [0.3, 0.4) is 0 Å². The fourth-order valence-electron chi connectivity index (χ4n) is 1.88. The van der Waals surface area contributed by atoms with Crippen molar-refractivity contribution < 1.29 is 13.2 Å². The summed E-state index contributed by atoms with van der Waals surface area (Å²) in [5.41, 5.74) is 0.241. The molecule has 0 radical (unpaired) electrons. The fourth-order valence-corrected chi connectivity index (χ4v) is 3.58. The summed E-state index contributed by atoms with van der Waals surface area (Å²) < 4.78 is 23.0. The molecule has 2 heterocycles. The molecule has 19 heavy (non-hydrogen) atoms. The van der Waals surface area contributed by atoms with Gasteiger partial charge in [0.15, 0.2) is 9.84 Å². The van der Waals surface area contributed by atoms with E-state index in [9.17, 15) is 13.2 Å². The van der Waals surface area contributed by atoms with Gasteiger partial charge >= 0.3 is 0 Å². The summed E-state index contributed by atoms with van der Waals surface area (Å²) in [4.78, 5) is 17.6. The standard InChI is InChI=1S/C11H12Cl2N2O3S/c12-9-3-2-8(10(13)14-9)11(16)15-4-1-6-19(17,18)7-5-15/h2-3H,1,4-7H2. The second kappa shape index (κ2) is 5.64. The van der Waals surface area contributed by atoms with Gasteiger partial charge in [-0.25, -0.2) is 13.4 Å². The number of carbonyl (C=O) groups is 1. The number of carbonyl (C=O) groups excluding carboxylic acids is 1. The Balaban J connectivity index is 2.20. The SMILES string of the molecule is O=C(c1ccc(Cl)nc1Cl)N1CCCS(=O)(=O)CC1. The lowest BCUT2D eigenvalue weighted by molar-refractivity contribution is 0.0768. The fraction of sp³-hybridized carbons (Fsp3) is 0.455. The molecule has 1 amide bonds. The molecule has 0 aromatic carbocycles. The number of sulfone groups is 1. The van der Waals surface area contributed by atoms with Crippen molar-refractivity contribution in [2.45, 2.75) is 6.42 Å². The number of pyridine rings is 1. The van der Waals surface area contributed by atoms with E-state index in [1.54, 1.807) is 0 Å². The molecule has 0 spiro atoms. The highest BCUT2D eigenvalue weighted by Gasteiger charge is 2.24. The van der Waals surface area contributed by atoms with Gasteiger partial charge in [-0.2, -0.15) is 0 Å². The van der Waals surface area contributed by atoms with Crippen molar-refractivity contribution in [3.8, 4) is 0 Å². The number of hydrogen-bond acceptors (Lipinski definition) is 4. The Bertz CT molecular complexity index is 604. The second-order valence-electron chi connectivity index (χ2n) is 4.27. The first-order chi connectivity index (χ1) is 8.89. The zero-order valence-corrected chi connectivity index (χ0v) is 12.3. The van der Waals surface area contributed by atoms with E-state index in [-0.39, 0.29) is 39.8 Å². The molecule has 0 unspecified atom stereocenters. The minimum absolute atomic E-state index is 0.0165. The van der Waals surface area contributed by atoms with Crippen LogP contribution in [0, 0.1) is 0 Å². The molecule has 0 N–H and O–H groups in total. The maximum Gasteiger partial charge on any atom is 0.257 e. The van der Waals surface area contributed by atoms with E-state index < -0.39 is 9.84 Å². The van der Waals surface area contributed by atoms with E-state index >= 15 is 0 Å². The molecule has 1 aliphatic rings. The molecule has 8 heteroatoms. The normalized spacial score (nSPS) is 18.9. The minimum Gasteiger partial charge on any atom is -0.338 e. The van der Waals surface area contributed by atoms with Crippen LogP contribution in [0.25, 0.3) is 0 Å². The van der Waals surface area contributed by atoms with E-state index in [1.807, 2.05) is 0 Å². The van der Waals surface area contributed by atoms with E-state index in [2.05, 4.69) is 4.98 Å². The smallest absolute Gasteiger partial charge is 0.257 e. The molecule has 0 bridgehead atoms. The van der Waals surface area contributed by atoms with E-state index in [1.165, 1.54) is 17.0 Å². The first-order valence-electron chi connectivity index (χ1n) is 5.71. The first kappa shape index (κ1) is 14.6. The Morgan fingerprint density at radius 3 is 2.63 bits per heavy atom. The predicted molar refractivity (Wildman–Crippen MR) is 73.4 cm³/mol. The molecule has 1 aromatic heterocycles. The van der Waals surface area contributed by atoms with Gasteiger partial charge in [-0.15, -0.1) is 0 Å². The molecule has 0 atom stereocenters. The van der Waals surface area contributed by atoms with Crippen LogP contribution in [0.1, 0.15) is 16.8 Å². The highest BCUT2D eigenvalue weighted by atomic mass is 35.5. The molecule has 0 aliphatic carbocycles. The third kappa shape index (κ3) is 3.58. The molecule has 1 aliphatic heterocycles. The van der Waals surface area contributed by atoms with Crippen molar-refractivity contribution >= 4 is 38.9 Å². The van der Waals surface area contributed by atoms with E-state index in [4.69, 9.17) is 23.2 Å². The summed E-state index contributed by atoms with van der Waals surface area (Å²) in [6.45, 7) is 0.580. The Labute approximate surface area is 121 Å². The molecule has 2 rings (SSSR count). The number of amides is 1. The Morgan fingerprint density at radius 1 is 1.21 bits per heavy atom. The van der Waals surface area contributed by atoms with Crippen molar-refractivity contribution in [1.29, 1.82) is 0 Å². The summed E-state index contributed by atoms with van der Waals surface area (Å²) >= 11 is 11.6. The minimum atomic E-state index is -3.05. The molecular formula is C11H12Cl2N2O3S. The van der Waals surface area contributed by atoms with Crippen LogP contribution in [0.15, 0.2) is 12.1 Å². The molecule has 1 aromatic rings. The van der Waals surface area contributed by atoms with Crippen LogP contribution < -0.4 is 0 Å². The van der Waals surface area contributed by atoms with Gasteiger partial charge < -0.3 is 4.90 Å². The van der Waals surface area contributed by atoms with Gasteiger partial charge in [0, 0.05) is 13.1 Å². The Kier molecular flexibility index (Phi) is 4.32. The van der Waals surface area contributed by atoms with Crippen molar-refractivity contribution in [2.75, 3.05) is 24.6 Å². The molecule has 104 valence electrons. The highest BCUT2D eigenvalue weighted by molar-refractivity contribution is 7.91. The van der Waals surface area contributed by atoms with Crippen LogP contribution in [0.4, 0.5) is 0 Å². The average Bonchev–Trinajstić information content (AvgIpc) is 2.49. The van der Waals surface area contributed by atoms with E-state index in [0.717, 1.165) is 0 Å². The largest absolute Gasteiger partial charge is 0.338 e. The van der Waals surface area contributed by atoms with Crippen LogP contribution in [-0.2, 0) is 9.84 Å². The predicted octanol–water partition coefficient (Wildman–Crippen LogP) is 1.65. The highest BCUT2D eigenvalue weighted by Crippen LogP contribution is 2.19. The summed E-state index contributed by atoms with van der Waals surface area (Å²) in [7, 11) is -3.05. The summed E-state index contributed by atoms with van der Waals surface area (Å²) in [5.74, 6) is -0.216. The summed E-state index contributed by atoms with van der Waals surface area (Å²) in [6, 6.07) is 2.98. The van der Waals surface area contributed by atoms with Crippen LogP contribution in [-0.4, -0.2) is 48.8 Å². The molecular weight excluding hydrogens is 311 g/mol. The van der Waals surface area contributed by atoms with Gasteiger partial charge in [-0.3, -0.25) is 4.79 Å². The van der Waals surface area contributed by atoms with Gasteiger partial charge in [-0.05, 0) is 18.6 Å². The maximum absolute atomic E-state index is 12.3. The zero-order chi connectivity index (χ0) is 14.0. The topological polar surface area (TPSA) is 67.3 Å². The van der Waals surface area contributed by atoms with Gasteiger partial charge in [0.05, 0.1) is 17.1 Å². The van der Waals surface area contributed by atoms with E-state index in [0.29, 0.717) is 13.0 Å².